The minimum Gasteiger partial charge on any atom is -0.392 e. The molecule has 1 aliphatic carbocycles. The van der Waals surface area contributed by atoms with Gasteiger partial charge in [0.2, 0.25) is 5.91 Å². The summed E-state index contributed by atoms with van der Waals surface area (Å²) in [6.45, 7) is 5.78. The molecule has 0 aromatic heterocycles. The molecule has 1 saturated heterocycles. The Morgan fingerprint density at radius 2 is 2.21 bits per heavy atom. The third kappa shape index (κ3) is 3.69. The van der Waals surface area contributed by atoms with Crippen LogP contribution < -0.4 is 10.6 Å². The number of hydrogen-bond acceptors (Lipinski definition) is 3. The van der Waals surface area contributed by atoms with Crippen molar-refractivity contribution in [2.75, 3.05) is 13.1 Å². The van der Waals surface area contributed by atoms with Gasteiger partial charge in [-0.05, 0) is 39.2 Å². The van der Waals surface area contributed by atoms with E-state index in [-0.39, 0.29) is 23.3 Å². The summed E-state index contributed by atoms with van der Waals surface area (Å²) in [5, 5.41) is 16.6. The number of carbonyl (C=O) groups is 1. The fraction of sp³-hybridized carbons (Fsp3) is 0.933. The second kappa shape index (κ2) is 6.23. The summed E-state index contributed by atoms with van der Waals surface area (Å²) < 4.78 is 0. The molecule has 0 radical (unpaired) electrons. The lowest BCUT2D eigenvalue weighted by Gasteiger charge is -2.39. The minimum atomic E-state index is -0.270. The highest BCUT2D eigenvalue weighted by Crippen LogP contribution is 2.35. The van der Waals surface area contributed by atoms with Crippen LogP contribution in [0.1, 0.15) is 52.4 Å². The molecule has 1 amide bonds. The number of carbonyl (C=O) groups excluding carboxylic acids is 1. The number of nitrogens with one attached hydrogen (secondary N) is 2. The molecular formula is C15H28N2O2. The standard InChI is InChI=1S/C15H28N2O2/c1-11-9-12(6-8-16-11)14(19)17-10-15(2)7-4-3-5-13(15)18/h11-13,16,18H,3-10H2,1-2H3,(H,17,19)/t11-,12-,13?,15?/m0/s1. The van der Waals surface area contributed by atoms with Crippen LogP contribution >= 0.6 is 0 Å². The monoisotopic (exact) mass is 268 g/mol. The molecule has 0 aromatic carbocycles. The molecule has 2 rings (SSSR count). The molecule has 2 unspecified atom stereocenters. The van der Waals surface area contributed by atoms with Crippen LogP contribution in [0.25, 0.3) is 0 Å². The average Bonchev–Trinajstić information content (AvgIpc) is 2.40. The molecule has 1 aliphatic heterocycles. The van der Waals surface area contributed by atoms with Gasteiger partial charge in [0.1, 0.15) is 0 Å². The van der Waals surface area contributed by atoms with Crippen molar-refractivity contribution in [1.82, 2.24) is 10.6 Å². The van der Waals surface area contributed by atoms with Crippen LogP contribution in [0.2, 0.25) is 0 Å². The van der Waals surface area contributed by atoms with E-state index in [1.54, 1.807) is 0 Å². The SMILES string of the molecule is C[C@H]1C[C@@H](C(=O)NCC2(C)CCCCC2O)CCN1. The van der Waals surface area contributed by atoms with E-state index in [4.69, 9.17) is 0 Å². The average molecular weight is 268 g/mol. The molecule has 2 fully saturated rings. The maximum absolute atomic E-state index is 12.2. The Labute approximate surface area is 116 Å². The number of hydrogen-bond donors (Lipinski definition) is 3. The Morgan fingerprint density at radius 1 is 1.42 bits per heavy atom. The van der Waals surface area contributed by atoms with Gasteiger partial charge in [-0.15, -0.1) is 0 Å². The van der Waals surface area contributed by atoms with E-state index in [1.807, 2.05) is 0 Å². The highest BCUT2D eigenvalue weighted by Gasteiger charge is 2.36. The second-order valence-corrected chi connectivity index (χ2v) is 6.71. The van der Waals surface area contributed by atoms with E-state index in [0.717, 1.165) is 45.1 Å². The Kier molecular flexibility index (Phi) is 4.85. The Hall–Kier alpha value is -0.610. The highest BCUT2D eigenvalue weighted by molar-refractivity contribution is 5.78. The van der Waals surface area contributed by atoms with Crippen LogP contribution in [0, 0.1) is 11.3 Å². The van der Waals surface area contributed by atoms with Crippen molar-refractivity contribution in [3.63, 3.8) is 0 Å². The van der Waals surface area contributed by atoms with E-state index >= 15 is 0 Å². The summed E-state index contributed by atoms with van der Waals surface area (Å²) in [7, 11) is 0. The molecular weight excluding hydrogens is 240 g/mol. The summed E-state index contributed by atoms with van der Waals surface area (Å²) in [5.74, 6) is 0.313. The van der Waals surface area contributed by atoms with Crippen LogP contribution in [-0.4, -0.2) is 36.2 Å². The van der Waals surface area contributed by atoms with Gasteiger partial charge in [-0.3, -0.25) is 4.79 Å². The zero-order valence-electron chi connectivity index (χ0n) is 12.2. The number of piperidine rings is 1. The first-order valence-corrected chi connectivity index (χ1v) is 7.70. The summed E-state index contributed by atoms with van der Waals surface area (Å²) in [6.07, 6.45) is 5.73. The fourth-order valence-electron chi connectivity index (χ4n) is 3.39. The number of amides is 1. The van der Waals surface area contributed by atoms with Gasteiger partial charge in [0.15, 0.2) is 0 Å². The lowest BCUT2D eigenvalue weighted by atomic mass is 9.73. The highest BCUT2D eigenvalue weighted by atomic mass is 16.3. The van der Waals surface area contributed by atoms with Gasteiger partial charge >= 0.3 is 0 Å². The van der Waals surface area contributed by atoms with Crippen LogP contribution in [0.4, 0.5) is 0 Å². The number of aliphatic hydroxyl groups excluding tert-OH is 1. The Morgan fingerprint density at radius 3 is 2.89 bits per heavy atom. The van der Waals surface area contributed by atoms with Crippen molar-refractivity contribution in [3.05, 3.63) is 0 Å². The molecule has 0 spiro atoms. The molecule has 1 saturated carbocycles. The quantitative estimate of drug-likeness (QED) is 0.725. The first-order chi connectivity index (χ1) is 9.01. The van der Waals surface area contributed by atoms with E-state index in [1.165, 1.54) is 0 Å². The fourth-order valence-corrected chi connectivity index (χ4v) is 3.39. The lowest BCUT2D eigenvalue weighted by Crippen LogP contribution is -2.48. The van der Waals surface area contributed by atoms with Gasteiger partial charge in [0.05, 0.1) is 6.10 Å². The van der Waals surface area contributed by atoms with Crippen LogP contribution in [0.5, 0.6) is 0 Å². The summed E-state index contributed by atoms with van der Waals surface area (Å²) >= 11 is 0. The molecule has 3 N–H and O–H groups in total. The van der Waals surface area contributed by atoms with Gasteiger partial charge in [0, 0.05) is 23.9 Å². The predicted octanol–water partition coefficient (Wildman–Crippen LogP) is 1.43. The van der Waals surface area contributed by atoms with Crippen molar-refractivity contribution < 1.29 is 9.90 Å². The van der Waals surface area contributed by atoms with Crippen LogP contribution in [0.3, 0.4) is 0 Å². The molecule has 4 atom stereocenters. The normalized spacial score (nSPS) is 39.8. The Balaban J connectivity index is 1.82. The van der Waals surface area contributed by atoms with Gasteiger partial charge < -0.3 is 15.7 Å². The van der Waals surface area contributed by atoms with Crippen molar-refractivity contribution >= 4 is 5.91 Å². The molecule has 4 nitrogen and oxygen atoms in total. The lowest BCUT2D eigenvalue weighted by molar-refractivity contribution is -0.127. The topological polar surface area (TPSA) is 61.4 Å². The van der Waals surface area contributed by atoms with E-state index in [9.17, 15) is 9.90 Å². The van der Waals surface area contributed by atoms with Crippen LogP contribution in [-0.2, 0) is 4.79 Å². The van der Waals surface area contributed by atoms with Crippen molar-refractivity contribution in [3.8, 4) is 0 Å². The van der Waals surface area contributed by atoms with Gasteiger partial charge in [0.25, 0.3) is 0 Å². The molecule has 0 aromatic rings. The summed E-state index contributed by atoms with van der Waals surface area (Å²) in [4.78, 5) is 12.2. The summed E-state index contributed by atoms with van der Waals surface area (Å²) in [6, 6.07) is 0.431. The first-order valence-electron chi connectivity index (χ1n) is 7.70. The van der Waals surface area contributed by atoms with Crippen molar-refractivity contribution in [2.45, 2.75) is 64.5 Å². The van der Waals surface area contributed by atoms with Gasteiger partial charge in [-0.2, -0.15) is 0 Å². The predicted molar refractivity (Wildman–Crippen MR) is 75.8 cm³/mol. The summed E-state index contributed by atoms with van der Waals surface area (Å²) in [5.41, 5.74) is -0.132. The second-order valence-electron chi connectivity index (χ2n) is 6.71. The van der Waals surface area contributed by atoms with E-state index < -0.39 is 0 Å². The first kappa shape index (κ1) is 14.8. The van der Waals surface area contributed by atoms with Gasteiger partial charge in [-0.25, -0.2) is 0 Å². The minimum absolute atomic E-state index is 0.132. The molecule has 19 heavy (non-hydrogen) atoms. The van der Waals surface area contributed by atoms with E-state index in [0.29, 0.717) is 12.6 Å². The molecule has 2 aliphatic rings. The smallest absolute Gasteiger partial charge is 0.223 e. The zero-order chi connectivity index (χ0) is 13.9. The zero-order valence-corrected chi connectivity index (χ0v) is 12.2. The third-order valence-corrected chi connectivity index (χ3v) is 4.94. The maximum Gasteiger partial charge on any atom is 0.223 e. The number of aliphatic hydroxyl groups is 1. The molecule has 4 heteroatoms. The third-order valence-electron chi connectivity index (χ3n) is 4.94. The van der Waals surface area contributed by atoms with Crippen molar-refractivity contribution in [2.24, 2.45) is 11.3 Å². The van der Waals surface area contributed by atoms with E-state index in [2.05, 4.69) is 24.5 Å². The van der Waals surface area contributed by atoms with Gasteiger partial charge in [-0.1, -0.05) is 19.8 Å². The largest absolute Gasteiger partial charge is 0.392 e. The molecule has 110 valence electrons. The number of rotatable bonds is 3. The molecule has 0 bridgehead atoms. The van der Waals surface area contributed by atoms with Crippen molar-refractivity contribution in [1.29, 1.82) is 0 Å². The maximum atomic E-state index is 12.2. The Bertz CT molecular complexity index is 321. The molecule has 1 heterocycles. The van der Waals surface area contributed by atoms with Crippen LogP contribution in [0.15, 0.2) is 0 Å².